The smallest absolute Gasteiger partial charge is 0.153 e. The Kier molecular flexibility index (Phi) is 5.51. The summed E-state index contributed by atoms with van der Waals surface area (Å²) in [5.74, 6) is -0.625. The number of hydrogen-bond acceptors (Lipinski definition) is 3. The first kappa shape index (κ1) is 17.6. The van der Waals surface area contributed by atoms with Crippen LogP contribution >= 0.6 is 0 Å². The highest BCUT2D eigenvalue weighted by atomic mass is 16.2. The van der Waals surface area contributed by atoms with Crippen molar-refractivity contribution in [3.63, 3.8) is 0 Å². The summed E-state index contributed by atoms with van der Waals surface area (Å²) in [6, 6.07) is 9.78. The average molecular weight is 313 g/mol. The third-order valence-electron chi connectivity index (χ3n) is 4.49. The Balaban J connectivity index is 2.26. The first-order valence-corrected chi connectivity index (χ1v) is 8.48. The van der Waals surface area contributed by atoms with Gasteiger partial charge in [-0.15, -0.1) is 0 Å². The molecule has 124 valence electrons. The lowest BCUT2D eigenvalue weighted by molar-refractivity contribution is -0.131. The van der Waals surface area contributed by atoms with Crippen LogP contribution in [0.25, 0.3) is 0 Å². The highest BCUT2D eigenvalue weighted by molar-refractivity contribution is 6.23. The Morgan fingerprint density at radius 3 is 2.52 bits per heavy atom. The van der Waals surface area contributed by atoms with Gasteiger partial charge in [0.15, 0.2) is 5.78 Å². The van der Waals surface area contributed by atoms with Crippen LogP contribution in [-0.4, -0.2) is 23.3 Å². The second kappa shape index (κ2) is 7.20. The summed E-state index contributed by atoms with van der Waals surface area (Å²) in [4.78, 5) is 30.1. The predicted molar refractivity (Wildman–Crippen MR) is 93.9 cm³/mol. The molecule has 1 aromatic rings. The summed E-state index contributed by atoms with van der Waals surface area (Å²) in [5, 5.41) is 0. The summed E-state index contributed by atoms with van der Waals surface area (Å²) in [6.07, 6.45) is 2.40. The molecule has 0 heterocycles. The van der Waals surface area contributed by atoms with E-state index in [4.69, 9.17) is 4.99 Å². The number of hydrogen-bond donors (Lipinski definition) is 0. The lowest BCUT2D eigenvalue weighted by atomic mass is 9.69. The number of benzene rings is 1. The highest BCUT2D eigenvalue weighted by Gasteiger charge is 2.41. The van der Waals surface area contributed by atoms with Gasteiger partial charge in [-0.25, -0.2) is 0 Å². The summed E-state index contributed by atoms with van der Waals surface area (Å²) >= 11 is 0. The SMILES string of the molecule is CC[C@@H](C)N=C1CC(C)(C)CC(=O)C1C(=O)Cc1ccccc1. The number of Topliss-reactive ketones (excluding diaryl/α,β-unsaturated/α-hetero) is 2. The fourth-order valence-corrected chi connectivity index (χ4v) is 3.17. The largest absolute Gasteiger partial charge is 0.298 e. The van der Waals surface area contributed by atoms with Gasteiger partial charge in [0.1, 0.15) is 11.7 Å². The number of ketones is 2. The number of carbonyl (C=O) groups excluding carboxylic acids is 2. The normalized spacial score (nSPS) is 23.7. The summed E-state index contributed by atoms with van der Waals surface area (Å²) in [7, 11) is 0. The monoisotopic (exact) mass is 313 g/mol. The Bertz CT molecular complexity index is 601. The second-order valence-electron chi connectivity index (χ2n) is 7.42. The van der Waals surface area contributed by atoms with E-state index in [0.717, 1.165) is 24.1 Å². The van der Waals surface area contributed by atoms with Crippen LogP contribution in [0.4, 0.5) is 0 Å². The number of aliphatic imine (C=N–C) groups is 1. The molecule has 0 saturated heterocycles. The van der Waals surface area contributed by atoms with Gasteiger partial charge < -0.3 is 0 Å². The van der Waals surface area contributed by atoms with E-state index in [1.165, 1.54) is 0 Å². The Morgan fingerprint density at radius 2 is 1.91 bits per heavy atom. The molecule has 3 nitrogen and oxygen atoms in total. The van der Waals surface area contributed by atoms with Crippen LogP contribution in [0, 0.1) is 11.3 Å². The van der Waals surface area contributed by atoms with Crippen molar-refractivity contribution in [2.45, 2.75) is 59.4 Å². The minimum atomic E-state index is -0.641. The van der Waals surface area contributed by atoms with Crippen LogP contribution in [0.1, 0.15) is 52.5 Å². The van der Waals surface area contributed by atoms with Gasteiger partial charge in [-0.1, -0.05) is 51.1 Å². The van der Waals surface area contributed by atoms with Crippen molar-refractivity contribution in [2.24, 2.45) is 16.3 Å². The highest BCUT2D eigenvalue weighted by Crippen LogP contribution is 2.35. The molecule has 0 spiro atoms. The van der Waals surface area contributed by atoms with E-state index in [9.17, 15) is 9.59 Å². The first-order chi connectivity index (χ1) is 10.8. The maximum Gasteiger partial charge on any atom is 0.153 e. The van der Waals surface area contributed by atoms with Crippen LogP contribution < -0.4 is 0 Å². The number of carbonyl (C=O) groups is 2. The summed E-state index contributed by atoms with van der Waals surface area (Å²) in [5.41, 5.74) is 1.65. The Hall–Kier alpha value is -1.77. The molecule has 1 saturated carbocycles. The van der Waals surface area contributed by atoms with E-state index < -0.39 is 5.92 Å². The molecular formula is C20H27NO2. The maximum atomic E-state index is 12.8. The van der Waals surface area contributed by atoms with Gasteiger partial charge in [0.25, 0.3) is 0 Å². The van der Waals surface area contributed by atoms with Crippen LogP contribution in [0.15, 0.2) is 35.3 Å². The van der Waals surface area contributed by atoms with Crippen molar-refractivity contribution in [3.8, 4) is 0 Å². The molecule has 0 bridgehead atoms. The van der Waals surface area contributed by atoms with Crippen molar-refractivity contribution < 1.29 is 9.59 Å². The standard InChI is InChI=1S/C20H27NO2/c1-5-14(2)21-16-12-20(3,4)13-18(23)19(16)17(22)11-15-9-7-6-8-10-15/h6-10,14,19H,5,11-13H2,1-4H3/t14-,19?/m1/s1. The van der Waals surface area contributed by atoms with Crippen LogP contribution in [0.3, 0.4) is 0 Å². The quantitative estimate of drug-likeness (QED) is 0.770. The van der Waals surface area contributed by atoms with Gasteiger partial charge in [-0.05, 0) is 30.7 Å². The molecular weight excluding hydrogens is 286 g/mol. The van der Waals surface area contributed by atoms with E-state index in [-0.39, 0.29) is 23.0 Å². The minimum Gasteiger partial charge on any atom is -0.298 e. The van der Waals surface area contributed by atoms with Gasteiger partial charge in [0.2, 0.25) is 0 Å². The lowest BCUT2D eigenvalue weighted by Crippen LogP contribution is -2.43. The van der Waals surface area contributed by atoms with Gasteiger partial charge >= 0.3 is 0 Å². The Morgan fingerprint density at radius 1 is 1.26 bits per heavy atom. The second-order valence-corrected chi connectivity index (χ2v) is 7.42. The molecule has 1 aliphatic carbocycles. The number of nitrogens with zero attached hydrogens (tertiary/aromatic N) is 1. The number of rotatable bonds is 5. The van der Waals surface area contributed by atoms with Gasteiger partial charge in [-0.2, -0.15) is 0 Å². The zero-order chi connectivity index (χ0) is 17.0. The van der Waals surface area contributed by atoms with E-state index in [1.54, 1.807) is 0 Å². The summed E-state index contributed by atoms with van der Waals surface area (Å²) in [6.45, 7) is 8.27. The molecule has 0 aliphatic heterocycles. The van der Waals surface area contributed by atoms with Crippen LogP contribution in [0.5, 0.6) is 0 Å². The molecule has 2 rings (SSSR count). The maximum absolute atomic E-state index is 12.8. The molecule has 3 heteroatoms. The molecule has 0 N–H and O–H groups in total. The van der Waals surface area contributed by atoms with Crippen LogP contribution in [0.2, 0.25) is 0 Å². The minimum absolute atomic E-state index is 0.0150. The topological polar surface area (TPSA) is 46.5 Å². The van der Waals surface area contributed by atoms with E-state index >= 15 is 0 Å². The molecule has 2 atom stereocenters. The third kappa shape index (κ3) is 4.60. The summed E-state index contributed by atoms with van der Waals surface area (Å²) < 4.78 is 0. The van der Waals surface area contributed by atoms with Crippen molar-refractivity contribution in [1.29, 1.82) is 0 Å². The predicted octanol–water partition coefficient (Wildman–Crippen LogP) is 4.04. The average Bonchev–Trinajstić information content (AvgIpc) is 2.46. The molecule has 1 aliphatic rings. The molecule has 0 amide bonds. The van der Waals surface area contributed by atoms with Gasteiger partial charge in [0.05, 0.1) is 0 Å². The Labute approximate surface area is 139 Å². The fraction of sp³-hybridized carbons (Fsp3) is 0.550. The lowest BCUT2D eigenvalue weighted by Gasteiger charge is -2.34. The van der Waals surface area contributed by atoms with Gasteiger partial charge in [0, 0.05) is 24.6 Å². The fourth-order valence-electron chi connectivity index (χ4n) is 3.17. The zero-order valence-electron chi connectivity index (χ0n) is 14.6. The van der Waals surface area contributed by atoms with Crippen molar-refractivity contribution in [1.82, 2.24) is 0 Å². The molecule has 1 unspecified atom stereocenters. The molecule has 0 aromatic heterocycles. The molecule has 1 aromatic carbocycles. The van der Waals surface area contributed by atoms with Crippen molar-refractivity contribution in [3.05, 3.63) is 35.9 Å². The van der Waals surface area contributed by atoms with Crippen LogP contribution in [-0.2, 0) is 16.0 Å². The third-order valence-corrected chi connectivity index (χ3v) is 4.49. The van der Waals surface area contributed by atoms with E-state index in [2.05, 4.69) is 20.8 Å². The molecule has 23 heavy (non-hydrogen) atoms. The van der Waals surface area contributed by atoms with E-state index in [0.29, 0.717) is 12.8 Å². The van der Waals surface area contributed by atoms with Crippen molar-refractivity contribution in [2.75, 3.05) is 0 Å². The first-order valence-electron chi connectivity index (χ1n) is 8.48. The van der Waals surface area contributed by atoms with E-state index in [1.807, 2.05) is 37.3 Å². The molecule has 0 radical (unpaired) electrons. The molecule has 1 fully saturated rings. The van der Waals surface area contributed by atoms with Crippen molar-refractivity contribution >= 4 is 17.3 Å². The van der Waals surface area contributed by atoms with Gasteiger partial charge in [-0.3, -0.25) is 14.6 Å². The zero-order valence-corrected chi connectivity index (χ0v) is 14.6.